The number of nitrogens with one attached hydrogen (secondary N) is 2. The molecule has 0 bridgehead atoms. The van der Waals surface area contributed by atoms with Crippen LogP contribution in [0, 0.1) is 5.92 Å². The maximum atomic E-state index is 12.7. The van der Waals surface area contributed by atoms with Crippen LogP contribution in [0.25, 0.3) is 0 Å². The number of halogens is 4. The van der Waals surface area contributed by atoms with Gasteiger partial charge in [-0.05, 0) is 31.4 Å². The standard InChI is InChI=1S/C15H19F4N3O2/c1-9(16)8-24-13-4-10(2-3-20-13)7-21-14(23)22-12-5-11(6-12)15(17,18)19/h2-4,9,11-12H,5-8H2,1H3,(H2,21,22,23)/t9?,11-,12-. The monoisotopic (exact) mass is 349 g/mol. The van der Waals surface area contributed by atoms with E-state index in [-0.39, 0.29) is 31.9 Å². The van der Waals surface area contributed by atoms with Crippen molar-refractivity contribution in [1.82, 2.24) is 15.6 Å². The van der Waals surface area contributed by atoms with Crippen LogP contribution >= 0.6 is 0 Å². The summed E-state index contributed by atoms with van der Waals surface area (Å²) in [5.74, 6) is -1.09. The topological polar surface area (TPSA) is 63.2 Å². The van der Waals surface area contributed by atoms with Crippen LogP contribution in [-0.2, 0) is 6.54 Å². The Morgan fingerprint density at radius 2 is 2.17 bits per heavy atom. The number of pyridine rings is 1. The summed E-state index contributed by atoms with van der Waals surface area (Å²) in [6.45, 7) is 1.40. The highest BCUT2D eigenvalue weighted by Crippen LogP contribution is 2.40. The Hall–Kier alpha value is -2.06. The van der Waals surface area contributed by atoms with Crippen molar-refractivity contribution >= 4 is 6.03 Å². The third-order valence-electron chi connectivity index (χ3n) is 3.65. The average molecular weight is 349 g/mol. The predicted molar refractivity (Wildman–Crippen MR) is 78.2 cm³/mol. The van der Waals surface area contributed by atoms with Crippen molar-refractivity contribution < 1.29 is 27.1 Å². The summed E-state index contributed by atoms with van der Waals surface area (Å²) in [4.78, 5) is 15.6. The zero-order valence-corrected chi connectivity index (χ0v) is 13.1. The SMILES string of the molecule is CC(F)COc1cc(CNC(=O)N[C@H]2C[C@H](C(F)(F)F)C2)ccn1. The van der Waals surface area contributed by atoms with E-state index in [0.29, 0.717) is 5.56 Å². The summed E-state index contributed by atoms with van der Waals surface area (Å²) in [7, 11) is 0. The van der Waals surface area contributed by atoms with Crippen molar-refractivity contribution in [2.45, 2.75) is 44.7 Å². The molecule has 0 aliphatic heterocycles. The highest BCUT2D eigenvalue weighted by atomic mass is 19.4. The Morgan fingerprint density at radius 3 is 2.79 bits per heavy atom. The van der Waals surface area contributed by atoms with Crippen molar-refractivity contribution in [1.29, 1.82) is 0 Å². The fourth-order valence-corrected chi connectivity index (χ4v) is 2.26. The molecular weight excluding hydrogens is 330 g/mol. The van der Waals surface area contributed by atoms with E-state index in [2.05, 4.69) is 15.6 Å². The number of aromatic nitrogens is 1. The van der Waals surface area contributed by atoms with Crippen LogP contribution in [0.3, 0.4) is 0 Å². The van der Waals surface area contributed by atoms with E-state index in [4.69, 9.17) is 4.74 Å². The van der Waals surface area contributed by atoms with Crippen LogP contribution in [-0.4, -0.2) is 36.0 Å². The number of ether oxygens (including phenoxy) is 1. The first-order valence-electron chi connectivity index (χ1n) is 7.57. The summed E-state index contributed by atoms with van der Waals surface area (Å²) >= 11 is 0. The largest absolute Gasteiger partial charge is 0.475 e. The van der Waals surface area contributed by atoms with Gasteiger partial charge in [-0.1, -0.05) is 0 Å². The van der Waals surface area contributed by atoms with Gasteiger partial charge in [-0.2, -0.15) is 13.2 Å². The number of nitrogens with zero attached hydrogens (tertiary/aromatic N) is 1. The van der Waals surface area contributed by atoms with Gasteiger partial charge in [0.2, 0.25) is 5.88 Å². The minimum Gasteiger partial charge on any atom is -0.475 e. The van der Waals surface area contributed by atoms with Gasteiger partial charge in [-0.25, -0.2) is 14.2 Å². The van der Waals surface area contributed by atoms with E-state index < -0.39 is 30.3 Å². The van der Waals surface area contributed by atoms with Gasteiger partial charge >= 0.3 is 12.2 Å². The zero-order chi connectivity index (χ0) is 17.7. The first-order chi connectivity index (χ1) is 11.2. The van der Waals surface area contributed by atoms with Gasteiger partial charge in [-0.3, -0.25) is 0 Å². The van der Waals surface area contributed by atoms with Crippen molar-refractivity contribution in [3.05, 3.63) is 23.9 Å². The Morgan fingerprint density at radius 1 is 1.46 bits per heavy atom. The minimum absolute atomic E-state index is 0.0917. The predicted octanol–water partition coefficient (Wildman–Crippen LogP) is 2.96. The van der Waals surface area contributed by atoms with Gasteiger partial charge in [0.15, 0.2) is 0 Å². The molecule has 2 amide bonds. The fourth-order valence-electron chi connectivity index (χ4n) is 2.26. The second-order valence-corrected chi connectivity index (χ2v) is 5.83. The molecule has 1 heterocycles. The van der Waals surface area contributed by atoms with Gasteiger partial charge in [-0.15, -0.1) is 0 Å². The molecule has 1 aromatic heterocycles. The summed E-state index contributed by atoms with van der Waals surface area (Å²) in [5, 5.41) is 5.05. The molecule has 2 rings (SSSR count). The van der Waals surface area contributed by atoms with Crippen LogP contribution in [0.1, 0.15) is 25.3 Å². The Bertz CT molecular complexity index is 560. The lowest BCUT2D eigenvalue weighted by Gasteiger charge is -2.36. The molecule has 5 nitrogen and oxygen atoms in total. The molecule has 0 aromatic carbocycles. The first-order valence-corrected chi connectivity index (χ1v) is 7.57. The van der Waals surface area contributed by atoms with Crippen molar-refractivity contribution in [3.63, 3.8) is 0 Å². The van der Waals surface area contributed by atoms with E-state index in [0.717, 1.165) is 0 Å². The molecule has 2 N–H and O–H groups in total. The normalized spacial score (nSPS) is 21.5. The van der Waals surface area contributed by atoms with Crippen LogP contribution in [0.4, 0.5) is 22.4 Å². The lowest BCUT2D eigenvalue weighted by molar-refractivity contribution is -0.198. The smallest absolute Gasteiger partial charge is 0.391 e. The van der Waals surface area contributed by atoms with E-state index in [1.54, 1.807) is 12.1 Å². The zero-order valence-electron chi connectivity index (χ0n) is 13.1. The minimum atomic E-state index is -4.20. The molecule has 1 aromatic rings. The first kappa shape index (κ1) is 18.3. The number of hydrogen-bond acceptors (Lipinski definition) is 3. The van der Waals surface area contributed by atoms with Gasteiger partial charge < -0.3 is 15.4 Å². The van der Waals surface area contributed by atoms with Gasteiger partial charge in [0, 0.05) is 24.8 Å². The molecule has 1 unspecified atom stereocenters. The van der Waals surface area contributed by atoms with Crippen molar-refractivity contribution in [3.8, 4) is 5.88 Å². The third kappa shape index (κ3) is 5.54. The van der Waals surface area contributed by atoms with Crippen LogP contribution in [0.5, 0.6) is 5.88 Å². The molecule has 24 heavy (non-hydrogen) atoms. The van der Waals surface area contributed by atoms with Gasteiger partial charge in [0.25, 0.3) is 0 Å². The molecule has 1 aliphatic rings. The maximum Gasteiger partial charge on any atom is 0.391 e. The summed E-state index contributed by atoms with van der Waals surface area (Å²) in [5.41, 5.74) is 0.684. The highest BCUT2D eigenvalue weighted by Gasteiger charge is 2.48. The Balaban J connectivity index is 1.71. The summed E-state index contributed by atoms with van der Waals surface area (Å²) in [6.07, 6.45) is -4.04. The third-order valence-corrected chi connectivity index (χ3v) is 3.65. The van der Waals surface area contributed by atoms with Crippen LogP contribution < -0.4 is 15.4 Å². The van der Waals surface area contributed by atoms with Crippen molar-refractivity contribution in [2.24, 2.45) is 5.92 Å². The number of carbonyl (C=O) groups excluding carboxylic acids is 1. The lowest BCUT2D eigenvalue weighted by Crippen LogP contribution is -2.51. The van der Waals surface area contributed by atoms with Crippen LogP contribution in [0.15, 0.2) is 18.3 Å². The van der Waals surface area contributed by atoms with E-state index in [1.165, 1.54) is 13.1 Å². The molecule has 1 atom stereocenters. The molecule has 9 heteroatoms. The number of alkyl halides is 4. The number of carbonyl (C=O) groups is 1. The number of hydrogen-bond donors (Lipinski definition) is 2. The number of urea groups is 1. The van der Waals surface area contributed by atoms with Crippen molar-refractivity contribution in [2.75, 3.05) is 6.61 Å². The molecular formula is C15H19F4N3O2. The fraction of sp³-hybridized carbons (Fsp3) is 0.600. The molecule has 0 spiro atoms. The van der Waals surface area contributed by atoms with E-state index >= 15 is 0 Å². The molecule has 0 radical (unpaired) electrons. The lowest BCUT2D eigenvalue weighted by atomic mass is 9.80. The van der Waals surface area contributed by atoms with Gasteiger partial charge in [0.1, 0.15) is 12.8 Å². The summed E-state index contributed by atoms with van der Waals surface area (Å²) in [6, 6.07) is 2.22. The quantitative estimate of drug-likeness (QED) is 0.776. The van der Waals surface area contributed by atoms with Crippen LogP contribution in [0.2, 0.25) is 0 Å². The maximum absolute atomic E-state index is 12.7. The highest BCUT2D eigenvalue weighted by molar-refractivity contribution is 5.74. The van der Waals surface area contributed by atoms with Gasteiger partial charge in [0.05, 0.1) is 5.92 Å². The average Bonchev–Trinajstić information content (AvgIpc) is 2.45. The van der Waals surface area contributed by atoms with E-state index in [9.17, 15) is 22.4 Å². The molecule has 1 aliphatic carbocycles. The number of rotatable bonds is 6. The second-order valence-electron chi connectivity index (χ2n) is 5.83. The second kappa shape index (κ2) is 7.67. The molecule has 134 valence electrons. The molecule has 1 saturated carbocycles. The molecule has 0 saturated heterocycles. The Labute approximate surface area is 136 Å². The van der Waals surface area contributed by atoms with E-state index in [1.807, 2.05) is 0 Å². The summed E-state index contributed by atoms with van der Waals surface area (Å²) < 4.78 is 54.9. The number of amides is 2. The Kier molecular flexibility index (Phi) is 5.84. The molecule has 1 fully saturated rings.